The Balaban J connectivity index is 1.47. The van der Waals surface area contributed by atoms with Gasteiger partial charge in [0.15, 0.2) is 5.16 Å². The Morgan fingerprint density at radius 2 is 2.12 bits per heavy atom. The molecule has 1 aromatic heterocycles. The average molecular weight is 350 g/mol. The summed E-state index contributed by atoms with van der Waals surface area (Å²) in [6, 6.07) is 0. The first-order valence-corrected chi connectivity index (χ1v) is 9.76. The maximum absolute atomic E-state index is 12.3. The van der Waals surface area contributed by atoms with Crippen LogP contribution in [0.1, 0.15) is 37.0 Å². The summed E-state index contributed by atoms with van der Waals surface area (Å²) in [4.78, 5) is 31.2. The number of aromatic nitrogens is 2. The molecule has 0 aliphatic carbocycles. The monoisotopic (exact) mass is 350 g/mol. The second kappa shape index (κ2) is 7.70. The van der Waals surface area contributed by atoms with Gasteiger partial charge in [0, 0.05) is 38.1 Å². The summed E-state index contributed by atoms with van der Waals surface area (Å²) in [6.07, 6.45) is 3.62. The standard InChI is InChI=1S/C17H26N4O2S/c1-12-8-13(2)11-20(10-12)5-3-4-18-15(22)14-9-19-17-21(16(14)23)6-7-24-17/h9,12-13H,3-8,10-11H2,1-2H3,(H,18,22). The quantitative estimate of drug-likeness (QED) is 0.643. The van der Waals surface area contributed by atoms with Crippen molar-refractivity contribution in [3.05, 3.63) is 22.1 Å². The summed E-state index contributed by atoms with van der Waals surface area (Å²) in [7, 11) is 0. The number of piperidine rings is 1. The van der Waals surface area contributed by atoms with E-state index in [2.05, 4.69) is 29.0 Å². The zero-order chi connectivity index (χ0) is 17.1. The number of rotatable bonds is 5. The number of amides is 1. The molecule has 2 aliphatic heterocycles. The van der Waals surface area contributed by atoms with Gasteiger partial charge < -0.3 is 10.2 Å². The highest BCUT2D eigenvalue weighted by molar-refractivity contribution is 7.99. The van der Waals surface area contributed by atoms with Crippen molar-refractivity contribution < 1.29 is 4.79 Å². The summed E-state index contributed by atoms with van der Waals surface area (Å²) < 4.78 is 1.59. The van der Waals surface area contributed by atoms with Crippen molar-refractivity contribution >= 4 is 17.7 Å². The normalized spacial score (nSPS) is 23.9. The molecule has 24 heavy (non-hydrogen) atoms. The van der Waals surface area contributed by atoms with E-state index < -0.39 is 0 Å². The molecule has 0 saturated carbocycles. The van der Waals surface area contributed by atoms with Gasteiger partial charge in [-0.25, -0.2) is 4.98 Å². The van der Waals surface area contributed by atoms with E-state index in [1.165, 1.54) is 12.6 Å². The largest absolute Gasteiger partial charge is 0.352 e. The number of carbonyl (C=O) groups excluding carboxylic acids is 1. The molecule has 1 N–H and O–H groups in total. The van der Waals surface area contributed by atoms with E-state index in [0.717, 1.165) is 43.6 Å². The fourth-order valence-corrected chi connectivity index (χ4v) is 4.66. The predicted octanol–water partition coefficient (Wildman–Crippen LogP) is 1.45. The number of carbonyl (C=O) groups is 1. The Morgan fingerprint density at radius 1 is 1.38 bits per heavy atom. The van der Waals surface area contributed by atoms with Gasteiger partial charge in [-0.3, -0.25) is 14.2 Å². The summed E-state index contributed by atoms with van der Waals surface area (Å²) in [6.45, 7) is 9.12. The third kappa shape index (κ3) is 4.00. The summed E-state index contributed by atoms with van der Waals surface area (Å²) in [5.74, 6) is 2.04. The highest BCUT2D eigenvalue weighted by atomic mass is 32.2. The Hall–Kier alpha value is -1.34. The van der Waals surface area contributed by atoms with Crippen LogP contribution in [0.3, 0.4) is 0 Å². The Kier molecular flexibility index (Phi) is 5.61. The molecule has 6 nitrogen and oxygen atoms in total. The van der Waals surface area contributed by atoms with Gasteiger partial charge in [-0.05, 0) is 31.2 Å². The van der Waals surface area contributed by atoms with Gasteiger partial charge >= 0.3 is 0 Å². The lowest BCUT2D eigenvalue weighted by atomic mass is 9.92. The molecule has 1 aromatic rings. The topological polar surface area (TPSA) is 67.2 Å². The van der Waals surface area contributed by atoms with E-state index in [1.54, 1.807) is 16.3 Å². The smallest absolute Gasteiger partial charge is 0.267 e. The lowest BCUT2D eigenvalue weighted by molar-refractivity contribution is 0.0944. The molecular weight excluding hydrogens is 324 g/mol. The number of likely N-dealkylation sites (tertiary alicyclic amines) is 1. The Bertz CT molecular complexity index is 650. The van der Waals surface area contributed by atoms with Gasteiger partial charge in [0.05, 0.1) is 0 Å². The minimum absolute atomic E-state index is 0.154. The summed E-state index contributed by atoms with van der Waals surface area (Å²) in [5.41, 5.74) is -0.0670. The molecule has 132 valence electrons. The fraction of sp³-hybridized carbons (Fsp3) is 0.706. The van der Waals surface area contributed by atoms with Crippen molar-refractivity contribution in [2.45, 2.75) is 38.4 Å². The van der Waals surface area contributed by atoms with Crippen LogP contribution in [0.4, 0.5) is 0 Å². The van der Waals surface area contributed by atoms with E-state index in [4.69, 9.17) is 0 Å². The van der Waals surface area contributed by atoms with E-state index in [9.17, 15) is 9.59 Å². The van der Waals surface area contributed by atoms with Crippen LogP contribution in [0, 0.1) is 11.8 Å². The van der Waals surface area contributed by atoms with E-state index in [-0.39, 0.29) is 17.0 Å². The van der Waals surface area contributed by atoms with Crippen molar-refractivity contribution in [2.24, 2.45) is 11.8 Å². The molecule has 7 heteroatoms. The van der Waals surface area contributed by atoms with Crippen LogP contribution in [-0.2, 0) is 6.54 Å². The number of thioether (sulfide) groups is 1. The number of hydrogen-bond acceptors (Lipinski definition) is 5. The SMILES string of the molecule is CC1CC(C)CN(CCCNC(=O)c2cnc3n(c2=O)CCS3)C1. The molecule has 3 rings (SSSR count). The van der Waals surface area contributed by atoms with Gasteiger partial charge in [-0.15, -0.1) is 0 Å². The average Bonchev–Trinajstić information content (AvgIpc) is 3.00. The van der Waals surface area contributed by atoms with Crippen LogP contribution in [0.5, 0.6) is 0 Å². The minimum Gasteiger partial charge on any atom is -0.352 e. The molecule has 0 spiro atoms. The number of nitrogens with zero attached hydrogens (tertiary/aromatic N) is 3. The minimum atomic E-state index is -0.305. The maximum atomic E-state index is 12.3. The Morgan fingerprint density at radius 3 is 2.88 bits per heavy atom. The van der Waals surface area contributed by atoms with Crippen molar-refractivity contribution in [1.82, 2.24) is 19.8 Å². The van der Waals surface area contributed by atoms with Crippen LogP contribution >= 0.6 is 11.8 Å². The first kappa shape index (κ1) is 17.5. The van der Waals surface area contributed by atoms with Gasteiger partial charge in [-0.2, -0.15) is 0 Å². The molecule has 2 unspecified atom stereocenters. The van der Waals surface area contributed by atoms with Gasteiger partial charge in [-0.1, -0.05) is 25.6 Å². The molecule has 1 fully saturated rings. The van der Waals surface area contributed by atoms with Gasteiger partial charge in [0.1, 0.15) is 5.56 Å². The molecule has 1 saturated heterocycles. The third-order valence-corrected chi connectivity index (χ3v) is 5.65. The number of fused-ring (bicyclic) bond motifs is 1. The highest BCUT2D eigenvalue weighted by Gasteiger charge is 2.22. The molecular formula is C17H26N4O2S. The van der Waals surface area contributed by atoms with E-state index >= 15 is 0 Å². The van der Waals surface area contributed by atoms with E-state index in [1.807, 2.05) is 0 Å². The zero-order valence-corrected chi connectivity index (χ0v) is 15.3. The molecule has 1 amide bonds. The van der Waals surface area contributed by atoms with Crippen LogP contribution in [0.25, 0.3) is 0 Å². The lowest BCUT2D eigenvalue weighted by Gasteiger charge is -2.34. The van der Waals surface area contributed by atoms with E-state index in [0.29, 0.717) is 18.2 Å². The molecule has 2 aliphatic rings. The van der Waals surface area contributed by atoms with Crippen molar-refractivity contribution in [3.63, 3.8) is 0 Å². The first-order valence-electron chi connectivity index (χ1n) is 8.77. The second-order valence-electron chi connectivity index (χ2n) is 7.07. The number of hydrogen-bond donors (Lipinski definition) is 1. The van der Waals surface area contributed by atoms with Crippen LogP contribution in [0.2, 0.25) is 0 Å². The van der Waals surface area contributed by atoms with Crippen LogP contribution in [0.15, 0.2) is 16.1 Å². The van der Waals surface area contributed by atoms with Crippen LogP contribution < -0.4 is 10.9 Å². The third-order valence-electron chi connectivity index (χ3n) is 4.68. The number of nitrogens with one attached hydrogen (secondary N) is 1. The molecule has 0 bridgehead atoms. The highest BCUT2D eigenvalue weighted by Crippen LogP contribution is 2.21. The first-order chi connectivity index (χ1) is 11.5. The van der Waals surface area contributed by atoms with Crippen LogP contribution in [-0.4, -0.2) is 52.3 Å². The molecule has 0 aromatic carbocycles. The maximum Gasteiger partial charge on any atom is 0.267 e. The van der Waals surface area contributed by atoms with Gasteiger partial charge in [0.2, 0.25) is 0 Å². The second-order valence-corrected chi connectivity index (χ2v) is 8.14. The van der Waals surface area contributed by atoms with Crippen molar-refractivity contribution in [1.29, 1.82) is 0 Å². The predicted molar refractivity (Wildman–Crippen MR) is 95.6 cm³/mol. The summed E-state index contributed by atoms with van der Waals surface area (Å²) >= 11 is 1.55. The van der Waals surface area contributed by atoms with Gasteiger partial charge in [0.25, 0.3) is 11.5 Å². The summed E-state index contributed by atoms with van der Waals surface area (Å²) in [5, 5.41) is 3.58. The lowest BCUT2D eigenvalue weighted by Crippen LogP contribution is -2.40. The molecule has 3 heterocycles. The fourth-order valence-electron chi connectivity index (χ4n) is 3.75. The Labute approximate surface area is 147 Å². The van der Waals surface area contributed by atoms with Crippen molar-refractivity contribution in [2.75, 3.05) is 31.9 Å². The molecule has 0 radical (unpaired) electrons. The molecule has 2 atom stereocenters. The zero-order valence-electron chi connectivity index (χ0n) is 14.5. The van der Waals surface area contributed by atoms with Crippen molar-refractivity contribution in [3.8, 4) is 0 Å².